The van der Waals surface area contributed by atoms with Gasteiger partial charge >= 0.3 is 5.82 Å². The zero-order chi connectivity index (χ0) is 16.3. The summed E-state index contributed by atoms with van der Waals surface area (Å²) >= 11 is 0. The summed E-state index contributed by atoms with van der Waals surface area (Å²) in [7, 11) is 0. The van der Waals surface area contributed by atoms with Crippen molar-refractivity contribution in [3.63, 3.8) is 0 Å². The molecule has 118 valence electrons. The molecule has 1 aromatic rings. The Hall–Kier alpha value is -2.71. The first-order chi connectivity index (χ1) is 10.4. The molecule has 0 spiro atoms. The third-order valence-corrected chi connectivity index (χ3v) is 3.24. The Kier molecular flexibility index (Phi) is 4.54. The third kappa shape index (κ3) is 3.30. The predicted molar refractivity (Wildman–Crippen MR) is 76.6 cm³/mol. The van der Waals surface area contributed by atoms with E-state index in [1.165, 1.54) is 12.1 Å². The van der Waals surface area contributed by atoms with Crippen LogP contribution in [-0.4, -0.2) is 40.9 Å². The van der Waals surface area contributed by atoms with Gasteiger partial charge < -0.3 is 20.2 Å². The number of pyridine rings is 1. The fraction of sp³-hybridized carbons (Fsp3) is 0.462. The van der Waals surface area contributed by atoms with Crippen LogP contribution in [0.5, 0.6) is 5.75 Å². The smallest absolute Gasteiger partial charge is 0.366 e. The van der Waals surface area contributed by atoms with Gasteiger partial charge in [0.2, 0.25) is 5.91 Å². The molecule has 0 radical (unpaired) electrons. The molecule has 1 unspecified atom stereocenters. The summed E-state index contributed by atoms with van der Waals surface area (Å²) in [6.07, 6.45) is 0.753. The number of nitrogens with one attached hydrogen (secondary N) is 1. The monoisotopic (exact) mass is 308 g/mol. The van der Waals surface area contributed by atoms with E-state index in [0.717, 1.165) is 11.3 Å². The van der Waals surface area contributed by atoms with Gasteiger partial charge in [-0.1, -0.05) is 6.92 Å². The van der Waals surface area contributed by atoms with E-state index >= 15 is 0 Å². The number of fused-ring (bicyclic) bond motifs is 1. The SMILES string of the molecule is CCC(C)NC(=O)CN1C(=O)COc2ccc([N+](=O)[O-])nc21. The molecular weight excluding hydrogens is 292 g/mol. The van der Waals surface area contributed by atoms with Gasteiger partial charge in [0.15, 0.2) is 12.4 Å². The highest BCUT2D eigenvalue weighted by Crippen LogP contribution is 2.31. The van der Waals surface area contributed by atoms with Crippen LogP contribution < -0.4 is 15.0 Å². The fourth-order valence-corrected chi connectivity index (χ4v) is 1.90. The van der Waals surface area contributed by atoms with Gasteiger partial charge in [-0.3, -0.25) is 14.5 Å². The quantitative estimate of drug-likeness (QED) is 0.630. The second-order valence-electron chi connectivity index (χ2n) is 4.89. The maximum absolute atomic E-state index is 11.9. The Labute approximate surface area is 126 Å². The van der Waals surface area contributed by atoms with Gasteiger partial charge in [0, 0.05) is 12.1 Å². The summed E-state index contributed by atoms with van der Waals surface area (Å²) in [5, 5.41) is 13.5. The van der Waals surface area contributed by atoms with Crippen LogP contribution in [0.1, 0.15) is 20.3 Å². The lowest BCUT2D eigenvalue weighted by atomic mass is 10.2. The Bertz CT molecular complexity index is 618. The first kappa shape index (κ1) is 15.7. The Morgan fingerprint density at radius 1 is 1.59 bits per heavy atom. The molecule has 0 fully saturated rings. The van der Waals surface area contributed by atoms with Gasteiger partial charge in [-0.05, 0) is 29.3 Å². The van der Waals surface area contributed by atoms with Crippen molar-refractivity contribution in [3.05, 3.63) is 22.2 Å². The molecule has 0 saturated heterocycles. The summed E-state index contributed by atoms with van der Waals surface area (Å²) in [6, 6.07) is 2.53. The zero-order valence-electron chi connectivity index (χ0n) is 12.2. The van der Waals surface area contributed by atoms with Crippen LogP contribution in [0, 0.1) is 10.1 Å². The number of nitro groups is 1. The minimum absolute atomic E-state index is 0.00949. The number of ether oxygens (including phenoxy) is 1. The molecule has 2 heterocycles. The van der Waals surface area contributed by atoms with Crippen LogP contribution in [0.15, 0.2) is 12.1 Å². The van der Waals surface area contributed by atoms with E-state index in [9.17, 15) is 19.7 Å². The maximum Gasteiger partial charge on any atom is 0.366 e. The van der Waals surface area contributed by atoms with Crippen LogP contribution >= 0.6 is 0 Å². The highest BCUT2D eigenvalue weighted by molar-refractivity contribution is 6.01. The predicted octanol–water partition coefficient (Wildman–Crippen LogP) is 0.630. The number of carbonyl (C=O) groups excluding carboxylic acids is 2. The summed E-state index contributed by atoms with van der Waals surface area (Å²) in [4.78, 5) is 38.9. The van der Waals surface area contributed by atoms with Crippen molar-refractivity contribution in [2.24, 2.45) is 0 Å². The van der Waals surface area contributed by atoms with Crippen LogP contribution in [0.4, 0.5) is 11.6 Å². The molecule has 9 heteroatoms. The number of anilines is 1. The van der Waals surface area contributed by atoms with Crippen molar-refractivity contribution < 1.29 is 19.2 Å². The van der Waals surface area contributed by atoms with Crippen LogP contribution in [0.2, 0.25) is 0 Å². The highest BCUT2D eigenvalue weighted by Gasteiger charge is 2.33. The molecule has 9 nitrogen and oxygen atoms in total. The molecule has 1 N–H and O–H groups in total. The molecule has 2 amide bonds. The summed E-state index contributed by atoms with van der Waals surface area (Å²) in [5.74, 6) is -1.01. The van der Waals surface area contributed by atoms with E-state index in [-0.39, 0.29) is 36.7 Å². The van der Waals surface area contributed by atoms with E-state index in [2.05, 4.69) is 10.3 Å². The van der Waals surface area contributed by atoms with Crippen molar-refractivity contribution >= 4 is 23.5 Å². The van der Waals surface area contributed by atoms with Crippen LogP contribution in [0.3, 0.4) is 0 Å². The molecule has 0 saturated carbocycles. The van der Waals surface area contributed by atoms with Crippen molar-refractivity contribution in [3.8, 4) is 5.75 Å². The number of carbonyl (C=O) groups is 2. The second-order valence-corrected chi connectivity index (χ2v) is 4.89. The number of amides is 2. The van der Waals surface area contributed by atoms with E-state index in [1.807, 2.05) is 13.8 Å². The van der Waals surface area contributed by atoms with Gasteiger partial charge in [0.1, 0.15) is 6.54 Å². The normalized spacial score (nSPS) is 14.8. The number of nitrogens with zero attached hydrogens (tertiary/aromatic N) is 3. The largest absolute Gasteiger partial charge is 0.477 e. The van der Waals surface area contributed by atoms with E-state index in [0.29, 0.717) is 0 Å². The van der Waals surface area contributed by atoms with Crippen molar-refractivity contribution in [2.75, 3.05) is 18.1 Å². The minimum Gasteiger partial charge on any atom is -0.477 e. The van der Waals surface area contributed by atoms with Gasteiger partial charge in [-0.25, -0.2) is 0 Å². The molecule has 2 rings (SSSR count). The lowest BCUT2D eigenvalue weighted by molar-refractivity contribution is -0.389. The fourth-order valence-electron chi connectivity index (χ4n) is 1.90. The van der Waals surface area contributed by atoms with Crippen molar-refractivity contribution in [1.29, 1.82) is 0 Å². The van der Waals surface area contributed by atoms with Crippen LogP contribution in [-0.2, 0) is 9.59 Å². The zero-order valence-corrected chi connectivity index (χ0v) is 12.2. The first-order valence-corrected chi connectivity index (χ1v) is 6.80. The third-order valence-electron chi connectivity index (χ3n) is 3.24. The summed E-state index contributed by atoms with van der Waals surface area (Å²) < 4.78 is 5.18. The minimum atomic E-state index is -0.670. The van der Waals surface area contributed by atoms with E-state index in [1.54, 1.807) is 0 Å². The van der Waals surface area contributed by atoms with Crippen molar-refractivity contribution in [2.45, 2.75) is 26.3 Å². The van der Waals surface area contributed by atoms with Gasteiger partial charge in [-0.15, -0.1) is 0 Å². The second kappa shape index (κ2) is 6.37. The van der Waals surface area contributed by atoms with Crippen molar-refractivity contribution in [1.82, 2.24) is 10.3 Å². The van der Waals surface area contributed by atoms with E-state index in [4.69, 9.17) is 4.74 Å². The molecule has 1 aliphatic rings. The average molecular weight is 308 g/mol. The van der Waals surface area contributed by atoms with Crippen LogP contribution in [0.25, 0.3) is 0 Å². The molecule has 22 heavy (non-hydrogen) atoms. The Balaban J connectivity index is 2.25. The summed E-state index contributed by atoms with van der Waals surface area (Å²) in [5.41, 5.74) is 0. The number of rotatable bonds is 5. The van der Waals surface area contributed by atoms with Gasteiger partial charge in [0.05, 0.1) is 0 Å². The lowest BCUT2D eigenvalue weighted by Crippen LogP contribution is -2.47. The topological polar surface area (TPSA) is 115 Å². The Morgan fingerprint density at radius 2 is 2.32 bits per heavy atom. The molecule has 0 aromatic carbocycles. The molecular formula is C13H16N4O5. The molecule has 1 atom stereocenters. The highest BCUT2D eigenvalue weighted by atomic mass is 16.6. The molecule has 1 aromatic heterocycles. The molecule has 0 bridgehead atoms. The lowest BCUT2D eigenvalue weighted by Gasteiger charge is -2.25. The average Bonchev–Trinajstić information content (AvgIpc) is 2.49. The number of aromatic nitrogens is 1. The van der Waals surface area contributed by atoms with E-state index < -0.39 is 16.6 Å². The Morgan fingerprint density at radius 3 is 2.95 bits per heavy atom. The first-order valence-electron chi connectivity index (χ1n) is 6.80. The maximum atomic E-state index is 11.9. The summed E-state index contributed by atoms with van der Waals surface area (Å²) in [6.45, 7) is 3.28. The molecule has 1 aliphatic heterocycles. The number of hydrogen-bond acceptors (Lipinski definition) is 6. The number of hydrogen-bond donors (Lipinski definition) is 1. The van der Waals surface area contributed by atoms with Gasteiger partial charge in [-0.2, -0.15) is 0 Å². The molecule has 0 aliphatic carbocycles. The van der Waals surface area contributed by atoms with Gasteiger partial charge in [0.25, 0.3) is 11.7 Å². The standard InChI is InChI=1S/C13H16N4O5/c1-3-8(2)14-11(18)6-16-12(19)7-22-9-4-5-10(17(20)21)15-13(9)16/h4-5,8H,3,6-7H2,1-2H3,(H,14,18).